The fourth-order valence-corrected chi connectivity index (χ4v) is 1.50. The van der Waals surface area contributed by atoms with Crippen LogP contribution in [0.1, 0.15) is 5.56 Å². The summed E-state index contributed by atoms with van der Waals surface area (Å²) in [6.45, 7) is 2.81. The highest BCUT2D eigenvalue weighted by Gasteiger charge is 2.13. The number of morpholine rings is 1. The van der Waals surface area contributed by atoms with E-state index in [9.17, 15) is 0 Å². The van der Waals surface area contributed by atoms with Gasteiger partial charge in [-0.2, -0.15) is 0 Å². The van der Waals surface area contributed by atoms with E-state index in [2.05, 4.69) is 16.4 Å². The van der Waals surface area contributed by atoms with Crippen molar-refractivity contribution in [2.45, 2.75) is 12.5 Å². The summed E-state index contributed by atoms with van der Waals surface area (Å²) in [6.07, 6.45) is 5.34. The van der Waals surface area contributed by atoms with Crippen LogP contribution in [0.5, 0.6) is 0 Å². The van der Waals surface area contributed by atoms with E-state index in [0.29, 0.717) is 6.10 Å². The molecule has 1 aliphatic heterocycles. The van der Waals surface area contributed by atoms with Crippen LogP contribution in [-0.4, -0.2) is 30.8 Å². The number of aromatic nitrogens is 1. The van der Waals surface area contributed by atoms with E-state index in [1.807, 2.05) is 12.4 Å². The maximum atomic E-state index is 5.57. The molecule has 3 nitrogen and oxygen atoms in total. The van der Waals surface area contributed by atoms with E-state index in [0.717, 1.165) is 26.1 Å². The van der Waals surface area contributed by atoms with Crippen LogP contribution in [0.4, 0.5) is 0 Å². The van der Waals surface area contributed by atoms with Crippen molar-refractivity contribution in [1.29, 1.82) is 0 Å². The van der Waals surface area contributed by atoms with Crippen molar-refractivity contribution in [3.05, 3.63) is 24.0 Å². The Bertz CT molecular complexity index is 214. The number of hydrogen-bond acceptors (Lipinski definition) is 2. The Morgan fingerprint density at radius 3 is 3.25 bits per heavy atom. The highest BCUT2D eigenvalue weighted by molar-refractivity contribution is 5.09. The van der Waals surface area contributed by atoms with Crippen LogP contribution in [-0.2, 0) is 11.2 Å². The molecule has 2 rings (SSSR count). The Balaban J connectivity index is 1.86. The molecule has 0 amide bonds. The average molecular weight is 166 g/mol. The second-order valence-electron chi connectivity index (χ2n) is 3.12. The zero-order chi connectivity index (χ0) is 8.23. The van der Waals surface area contributed by atoms with Crippen LogP contribution in [0, 0.1) is 0 Å². The monoisotopic (exact) mass is 166 g/mol. The van der Waals surface area contributed by atoms with Gasteiger partial charge >= 0.3 is 0 Å². The number of rotatable bonds is 2. The highest BCUT2D eigenvalue weighted by atomic mass is 16.5. The third-order valence-corrected chi connectivity index (χ3v) is 2.13. The number of H-pyrrole nitrogens is 1. The van der Waals surface area contributed by atoms with Gasteiger partial charge in [0, 0.05) is 31.9 Å². The molecule has 1 fully saturated rings. The van der Waals surface area contributed by atoms with Crippen LogP contribution in [0.25, 0.3) is 0 Å². The molecular weight excluding hydrogens is 152 g/mol. The smallest absolute Gasteiger partial charge is 0.0740 e. The molecule has 1 aromatic rings. The molecule has 12 heavy (non-hydrogen) atoms. The van der Waals surface area contributed by atoms with E-state index in [1.54, 1.807) is 0 Å². The Hall–Kier alpha value is -0.800. The summed E-state index contributed by atoms with van der Waals surface area (Å²) in [6, 6.07) is 2.10. The molecule has 1 saturated heterocycles. The van der Waals surface area contributed by atoms with E-state index >= 15 is 0 Å². The van der Waals surface area contributed by atoms with Crippen molar-refractivity contribution in [3.8, 4) is 0 Å². The first-order valence-corrected chi connectivity index (χ1v) is 4.39. The van der Waals surface area contributed by atoms with Crippen molar-refractivity contribution in [2.24, 2.45) is 0 Å². The van der Waals surface area contributed by atoms with Gasteiger partial charge in [0.15, 0.2) is 0 Å². The summed E-state index contributed by atoms with van der Waals surface area (Å²) >= 11 is 0. The summed E-state index contributed by atoms with van der Waals surface area (Å²) in [7, 11) is 0. The number of ether oxygens (including phenoxy) is 1. The minimum Gasteiger partial charge on any atom is -0.375 e. The molecule has 0 aromatic carbocycles. The molecule has 1 unspecified atom stereocenters. The van der Waals surface area contributed by atoms with Crippen molar-refractivity contribution in [2.75, 3.05) is 19.7 Å². The summed E-state index contributed by atoms with van der Waals surface area (Å²) < 4.78 is 5.57. The zero-order valence-electron chi connectivity index (χ0n) is 7.05. The summed E-state index contributed by atoms with van der Waals surface area (Å²) in [5, 5.41) is 3.31. The summed E-state index contributed by atoms with van der Waals surface area (Å²) in [4.78, 5) is 3.04. The fraction of sp³-hybridized carbons (Fsp3) is 0.556. The first kappa shape index (κ1) is 7.83. The lowest BCUT2D eigenvalue weighted by Gasteiger charge is -2.23. The second kappa shape index (κ2) is 3.74. The lowest BCUT2D eigenvalue weighted by molar-refractivity contribution is 0.0292. The van der Waals surface area contributed by atoms with Gasteiger partial charge in [0.2, 0.25) is 0 Å². The quantitative estimate of drug-likeness (QED) is 0.673. The van der Waals surface area contributed by atoms with E-state index in [4.69, 9.17) is 4.74 Å². The van der Waals surface area contributed by atoms with Gasteiger partial charge in [0.25, 0.3) is 0 Å². The summed E-state index contributed by atoms with van der Waals surface area (Å²) in [5.41, 5.74) is 1.32. The van der Waals surface area contributed by atoms with Crippen LogP contribution < -0.4 is 5.32 Å². The van der Waals surface area contributed by atoms with Gasteiger partial charge in [-0.05, 0) is 11.6 Å². The molecular formula is C9H14N2O. The molecule has 0 saturated carbocycles. The first-order chi connectivity index (χ1) is 5.95. The SMILES string of the molecule is c1cc(CC2CNCCO2)c[nH]1. The molecule has 1 aliphatic rings. The fourth-order valence-electron chi connectivity index (χ4n) is 1.50. The predicted octanol–water partition coefficient (Wildman–Crippen LogP) is 0.546. The third-order valence-electron chi connectivity index (χ3n) is 2.13. The van der Waals surface area contributed by atoms with Crippen molar-refractivity contribution < 1.29 is 4.74 Å². The third kappa shape index (κ3) is 1.87. The van der Waals surface area contributed by atoms with Gasteiger partial charge in [0.1, 0.15) is 0 Å². The Kier molecular flexibility index (Phi) is 2.44. The molecule has 0 bridgehead atoms. The van der Waals surface area contributed by atoms with Crippen molar-refractivity contribution in [3.63, 3.8) is 0 Å². The average Bonchev–Trinajstić information content (AvgIpc) is 2.59. The Morgan fingerprint density at radius 2 is 2.58 bits per heavy atom. The first-order valence-electron chi connectivity index (χ1n) is 4.39. The number of aromatic amines is 1. The van der Waals surface area contributed by atoms with Gasteiger partial charge < -0.3 is 15.0 Å². The van der Waals surface area contributed by atoms with Crippen molar-refractivity contribution >= 4 is 0 Å². The van der Waals surface area contributed by atoms with Crippen molar-refractivity contribution in [1.82, 2.24) is 10.3 Å². The van der Waals surface area contributed by atoms with Gasteiger partial charge in [-0.3, -0.25) is 0 Å². The van der Waals surface area contributed by atoms with Crippen LogP contribution in [0.2, 0.25) is 0 Å². The normalized spacial score (nSPS) is 24.2. The highest BCUT2D eigenvalue weighted by Crippen LogP contribution is 2.06. The second-order valence-corrected chi connectivity index (χ2v) is 3.12. The molecule has 0 radical (unpaired) electrons. The molecule has 66 valence electrons. The topological polar surface area (TPSA) is 37.0 Å². The van der Waals surface area contributed by atoms with Crippen LogP contribution >= 0.6 is 0 Å². The minimum absolute atomic E-state index is 0.356. The largest absolute Gasteiger partial charge is 0.375 e. The number of nitrogens with one attached hydrogen (secondary N) is 2. The lowest BCUT2D eigenvalue weighted by atomic mass is 10.1. The molecule has 2 heterocycles. The van der Waals surface area contributed by atoms with Crippen LogP contribution in [0.3, 0.4) is 0 Å². The number of hydrogen-bond donors (Lipinski definition) is 2. The van der Waals surface area contributed by atoms with Gasteiger partial charge in [0.05, 0.1) is 12.7 Å². The maximum Gasteiger partial charge on any atom is 0.0740 e. The molecule has 0 spiro atoms. The molecule has 1 atom stereocenters. The van der Waals surface area contributed by atoms with Crippen LogP contribution in [0.15, 0.2) is 18.5 Å². The molecule has 3 heteroatoms. The van der Waals surface area contributed by atoms with E-state index in [-0.39, 0.29) is 0 Å². The Labute approximate surface area is 72.1 Å². The summed E-state index contributed by atoms with van der Waals surface area (Å²) in [5.74, 6) is 0. The minimum atomic E-state index is 0.356. The predicted molar refractivity (Wildman–Crippen MR) is 47.1 cm³/mol. The van der Waals surface area contributed by atoms with Gasteiger partial charge in [-0.25, -0.2) is 0 Å². The maximum absolute atomic E-state index is 5.57. The van der Waals surface area contributed by atoms with Gasteiger partial charge in [-0.15, -0.1) is 0 Å². The molecule has 0 aliphatic carbocycles. The zero-order valence-corrected chi connectivity index (χ0v) is 7.05. The molecule has 2 N–H and O–H groups in total. The van der Waals surface area contributed by atoms with E-state index < -0.39 is 0 Å². The van der Waals surface area contributed by atoms with Gasteiger partial charge in [-0.1, -0.05) is 0 Å². The lowest BCUT2D eigenvalue weighted by Crippen LogP contribution is -2.39. The Morgan fingerprint density at radius 1 is 1.58 bits per heavy atom. The molecule has 1 aromatic heterocycles. The standard InChI is InChI=1S/C9H14N2O/c1-2-10-6-8(1)5-9-7-11-3-4-12-9/h1-2,6,9-11H,3-5,7H2. The van der Waals surface area contributed by atoms with E-state index in [1.165, 1.54) is 5.56 Å².